The van der Waals surface area contributed by atoms with Crippen molar-refractivity contribution in [2.45, 2.75) is 39.7 Å². The summed E-state index contributed by atoms with van der Waals surface area (Å²) in [4.78, 5) is 9.13. The van der Waals surface area contributed by atoms with Crippen LogP contribution in [0, 0.1) is 0 Å². The second-order valence-electron chi connectivity index (χ2n) is 6.80. The number of pyridine rings is 1. The molecule has 2 rings (SSSR count). The number of nitrogens with zero attached hydrogens (tertiary/aromatic N) is 4. The van der Waals surface area contributed by atoms with Gasteiger partial charge in [0, 0.05) is 38.3 Å². The predicted molar refractivity (Wildman–Crippen MR) is 114 cm³/mol. The van der Waals surface area contributed by atoms with Crippen molar-refractivity contribution in [1.29, 1.82) is 0 Å². The van der Waals surface area contributed by atoms with E-state index in [0.29, 0.717) is 11.4 Å². The number of aliphatic imine (C=N–C) groups is 1. The van der Waals surface area contributed by atoms with Gasteiger partial charge in [-0.25, -0.2) is 0 Å². The van der Waals surface area contributed by atoms with Gasteiger partial charge in [0.15, 0.2) is 0 Å². The van der Waals surface area contributed by atoms with Crippen molar-refractivity contribution in [3.05, 3.63) is 53.2 Å². The first-order valence-electron chi connectivity index (χ1n) is 8.94. The summed E-state index contributed by atoms with van der Waals surface area (Å²) in [7, 11) is 3.57. The highest BCUT2D eigenvalue weighted by Gasteiger charge is 2.13. The molecule has 0 bridgehead atoms. The Hall–Kier alpha value is -2.89. The Morgan fingerprint density at radius 3 is 2.81 bits per heavy atom. The van der Waals surface area contributed by atoms with Gasteiger partial charge in [0.1, 0.15) is 5.69 Å². The van der Waals surface area contributed by atoms with Crippen LogP contribution in [0.2, 0.25) is 0 Å². The molecule has 0 aromatic carbocycles. The number of ether oxygens (including phenoxy) is 1. The SMILES string of the molecule is C=C(C)C/C(=C(/C)OC)C(C)/N=C\c1ncc(C2=CN(C)N=CC2)cc1N. The first kappa shape index (κ1) is 20.4. The molecule has 0 amide bonds. The number of anilines is 1. The lowest BCUT2D eigenvalue weighted by Crippen LogP contribution is -2.10. The third-order valence-corrected chi connectivity index (χ3v) is 4.41. The van der Waals surface area contributed by atoms with Gasteiger partial charge < -0.3 is 10.5 Å². The van der Waals surface area contributed by atoms with Crippen LogP contribution in [0.4, 0.5) is 5.69 Å². The van der Waals surface area contributed by atoms with Gasteiger partial charge >= 0.3 is 0 Å². The van der Waals surface area contributed by atoms with Crippen LogP contribution in [-0.2, 0) is 4.74 Å². The van der Waals surface area contributed by atoms with Crippen molar-refractivity contribution in [3.63, 3.8) is 0 Å². The van der Waals surface area contributed by atoms with Crippen LogP contribution < -0.4 is 5.73 Å². The number of aromatic nitrogens is 1. The molecule has 6 heteroatoms. The van der Waals surface area contributed by atoms with E-state index in [9.17, 15) is 0 Å². The van der Waals surface area contributed by atoms with E-state index < -0.39 is 0 Å². The van der Waals surface area contributed by atoms with E-state index in [1.54, 1.807) is 18.3 Å². The zero-order valence-corrected chi connectivity index (χ0v) is 16.9. The minimum atomic E-state index is -0.0477. The van der Waals surface area contributed by atoms with Gasteiger partial charge in [-0.15, -0.1) is 0 Å². The summed E-state index contributed by atoms with van der Waals surface area (Å²) < 4.78 is 5.41. The molecule has 1 unspecified atom stereocenters. The molecule has 1 aliphatic heterocycles. The van der Waals surface area contributed by atoms with Crippen LogP contribution in [0.1, 0.15) is 44.9 Å². The Morgan fingerprint density at radius 2 is 2.22 bits per heavy atom. The van der Waals surface area contributed by atoms with E-state index in [1.165, 1.54) is 0 Å². The number of rotatable bonds is 7. The Balaban J connectivity index is 2.20. The average molecular weight is 367 g/mol. The van der Waals surface area contributed by atoms with E-state index in [0.717, 1.165) is 40.9 Å². The van der Waals surface area contributed by atoms with Gasteiger partial charge in [-0.3, -0.25) is 15.0 Å². The van der Waals surface area contributed by atoms with E-state index in [1.807, 2.05) is 52.5 Å². The fourth-order valence-corrected chi connectivity index (χ4v) is 2.84. The zero-order chi connectivity index (χ0) is 20.0. The van der Waals surface area contributed by atoms with Gasteiger partial charge in [0.25, 0.3) is 0 Å². The summed E-state index contributed by atoms with van der Waals surface area (Å²) in [6.45, 7) is 9.97. The molecule has 2 heterocycles. The molecule has 0 saturated carbocycles. The fraction of sp³-hybridized carbons (Fsp3) is 0.381. The molecule has 0 fully saturated rings. The van der Waals surface area contributed by atoms with E-state index in [4.69, 9.17) is 10.5 Å². The van der Waals surface area contributed by atoms with Crippen LogP contribution in [0.5, 0.6) is 0 Å². The first-order valence-corrected chi connectivity index (χ1v) is 8.94. The van der Waals surface area contributed by atoms with Crippen LogP contribution in [-0.4, -0.2) is 42.6 Å². The van der Waals surface area contributed by atoms with Crippen molar-refractivity contribution < 1.29 is 4.74 Å². The molecule has 1 aromatic heterocycles. The zero-order valence-electron chi connectivity index (χ0n) is 16.9. The third-order valence-electron chi connectivity index (χ3n) is 4.41. The normalized spacial score (nSPS) is 16.2. The second-order valence-corrected chi connectivity index (χ2v) is 6.80. The van der Waals surface area contributed by atoms with E-state index >= 15 is 0 Å². The van der Waals surface area contributed by atoms with Crippen LogP contribution in [0.15, 0.2) is 52.0 Å². The number of hydrogen-bond acceptors (Lipinski definition) is 6. The summed E-state index contributed by atoms with van der Waals surface area (Å²) >= 11 is 0. The van der Waals surface area contributed by atoms with Crippen molar-refractivity contribution >= 4 is 23.7 Å². The third kappa shape index (κ3) is 5.54. The predicted octanol–water partition coefficient (Wildman–Crippen LogP) is 4.02. The molecule has 0 saturated heterocycles. The fourth-order valence-electron chi connectivity index (χ4n) is 2.84. The lowest BCUT2D eigenvalue weighted by Gasteiger charge is -2.16. The number of nitrogen functional groups attached to an aromatic ring is 1. The second kappa shape index (κ2) is 9.16. The number of methoxy groups -OCH3 is 1. The molecule has 1 atom stereocenters. The highest BCUT2D eigenvalue weighted by atomic mass is 16.5. The van der Waals surface area contributed by atoms with Gasteiger partial charge in [-0.2, -0.15) is 5.10 Å². The number of allylic oxidation sites excluding steroid dienone is 3. The van der Waals surface area contributed by atoms with Crippen molar-refractivity contribution in [1.82, 2.24) is 9.99 Å². The summed E-state index contributed by atoms with van der Waals surface area (Å²) in [6.07, 6.45) is 8.93. The maximum absolute atomic E-state index is 6.21. The lowest BCUT2D eigenvalue weighted by molar-refractivity contribution is 0.285. The molecule has 2 N–H and O–H groups in total. The first-order chi connectivity index (χ1) is 12.8. The molecular formula is C21H29N5O. The lowest BCUT2D eigenvalue weighted by atomic mass is 10.0. The molecule has 0 spiro atoms. The molecule has 1 aromatic rings. The summed E-state index contributed by atoms with van der Waals surface area (Å²) in [6, 6.07) is 1.89. The minimum Gasteiger partial charge on any atom is -0.501 e. The maximum Gasteiger partial charge on any atom is 0.104 e. The summed E-state index contributed by atoms with van der Waals surface area (Å²) in [5.41, 5.74) is 11.8. The van der Waals surface area contributed by atoms with Crippen molar-refractivity contribution in [3.8, 4) is 0 Å². The number of nitrogens with two attached hydrogens (primary N) is 1. The molecule has 0 radical (unpaired) electrons. The van der Waals surface area contributed by atoms with Crippen LogP contribution in [0.25, 0.3) is 5.57 Å². The minimum absolute atomic E-state index is 0.0477. The van der Waals surface area contributed by atoms with Gasteiger partial charge in [-0.05, 0) is 50.0 Å². The maximum atomic E-state index is 6.21. The molecule has 0 aliphatic carbocycles. The van der Waals surface area contributed by atoms with Gasteiger partial charge in [0.05, 0.1) is 24.6 Å². The Morgan fingerprint density at radius 1 is 1.48 bits per heavy atom. The Labute approximate surface area is 161 Å². The highest BCUT2D eigenvalue weighted by Crippen LogP contribution is 2.23. The Kier molecular flexibility index (Phi) is 6.93. The Bertz CT molecular complexity index is 820. The standard InChI is InChI=1S/C21H29N5O/c1-14(2)9-19(16(4)27-6)15(3)23-12-21-20(22)10-18(11-24-21)17-7-8-25-26(5)13-17/h8,10-13,15H,1,7,9,22H2,2-6H3/b19-16+,23-12-. The summed E-state index contributed by atoms with van der Waals surface area (Å²) in [5.74, 6) is 0.869. The molecule has 144 valence electrons. The molecule has 1 aliphatic rings. The monoisotopic (exact) mass is 367 g/mol. The van der Waals surface area contributed by atoms with Crippen molar-refractivity contribution in [2.75, 3.05) is 19.9 Å². The number of hydrogen-bond donors (Lipinski definition) is 1. The number of hydrazone groups is 1. The quantitative estimate of drug-likeness (QED) is 0.449. The van der Waals surface area contributed by atoms with E-state index in [-0.39, 0.29) is 6.04 Å². The topological polar surface area (TPSA) is 76.1 Å². The van der Waals surface area contributed by atoms with Crippen molar-refractivity contribution in [2.24, 2.45) is 10.1 Å². The average Bonchev–Trinajstić information content (AvgIpc) is 2.64. The molecule has 6 nitrogen and oxygen atoms in total. The molecule has 27 heavy (non-hydrogen) atoms. The van der Waals surface area contributed by atoms with Gasteiger partial charge in [0.2, 0.25) is 0 Å². The largest absolute Gasteiger partial charge is 0.501 e. The smallest absolute Gasteiger partial charge is 0.104 e. The highest BCUT2D eigenvalue weighted by molar-refractivity contribution is 5.87. The van der Waals surface area contributed by atoms with Crippen LogP contribution in [0.3, 0.4) is 0 Å². The van der Waals surface area contributed by atoms with Crippen LogP contribution >= 0.6 is 0 Å². The molecular weight excluding hydrogens is 338 g/mol. The van der Waals surface area contributed by atoms with E-state index in [2.05, 4.69) is 21.7 Å². The van der Waals surface area contributed by atoms with Gasteiger partial charge in [-0.1, -0.05) is 12.2 Å². The summed E-state index contributed by atoms with van der Waals surface area (Å²) in [5, 5.41) is 5.97.